The van der Waals surface area contributed by atoms with Gasteiger partial charge in [-0.05, 0) is 5.56 Å². The standard InChI is InChI=1S/C18H14N2O2S2/c21-14-11-23-18(20-14,13-9-5-2-6-10-13)15-16(22)19-17(24-15)12-7-3-1-4-8-12/h1-10,22H,11H2,(H,20,21)/t18-/m0/s1. The van der Waals surface area contributed by atoms with Gasteiger partial charge < -0.3 is 10.4 Å². The lowest BCUT2D eigenvalue weighted by Crippen LogP contribution is -2.37. The van der Waals surface area contributed by atoms with Crippen LogP contribution < -0.4 is 5.32 Å². The van der Waals surface area contributed by atoms with Gasteiger partial charge in [-0.15, -0.1) is 23.1 Å². The van der Waals surface area contributed by atoms with Crippen molar-refractivity contribution in [3.63, 3.8) is 0 Å². The molecular weight excluding hydrogens is 340 g/mol. The number of amides is 1. The van der Waals surface area contributed by atoms with Crippen molar-refractivity contribution in [2.45, 2.75) is 4.87 Å². The number of thioether (sulfide) groups is 1. The summed E-state index contributed by atoms with van der Waals surface area (Å²) >= 11 is 2.89. The molecule has 6 heteroatoms. The minimum absolute atomic E-state index is 0.0302. The molecule has 0 saturated carbocycles. The molecule has 120 valence electrons. The van der Waals surface area contributed by atoms with E-state index < -0.39 is 4.87 Å². The topological polar surface area (TPSA) is 62.2 Å². The summed E-state index contributed by atoms with van der Waals surface area (Å²) in [6.45, 7) is 0. The highest BCUT2D eigenvalue weighted by Gasteiger charge is 2.45. The van der Waals surface area contributed by atoms with E-state index in [1.54, 1.807) is 0 Å². The van der Waals surface area contributed by atoms with Gasteiger partial charge in [0.25, 0.3) is 0 Å². The van der Waals surface area contributed by atoms with Gasteiger partial charge in [-0.3, -0.25) is 4.79 Å². The number of aromatic nitrogens is 1. The Labute approximate surface area is 147 Å². The van der Waals surface area contributed by atoms with E-state index >= 15 is 0 Å². The van der Waals surface area contributed by atoms with Crippen molar-refractivity contribution in [1.82, 2.24) is 10.3 Å². The predicted octanol–water partition coefficient (Wildman–Crippen LogP) is 3.58. The van der Waals surface area contributed by atoms with Crippen molar-refractivity contribution in [2.24, 2.45) is 0 Å². The molecule has 0 aliphatic carbocycles. The van der Waals surface area contributed by atoms with E-state index in [2.05, 4.69) is 10.3 Å². The third-order valence-corrected chi connectivity index (χ3v) is 6.59. The summed E-state index contributed by atoms with van der Waals surface area (Å²) in [5, 5.41) is 14.3. The molecule has 0 bridgehead atoms. The lowest BCUT2D eigenvalue weighted by Gasteiger charge is -2.27. The van der Waals surface area contributed by atoms with Gasteiger partial charge in [0.1, 0.15) is 9.88 Å². The molecule has 1 atom stereocenters. The van der Waals surface area contributed by atoms with Crippen LogP contribution in [0.25, 0.3) is 10.6 Å². The van der Waals surface area contributed by atoms with Crippen LogP contribution in [0.1, 0.15) is 10.4 Å². The first-order valence-electron chi connectivity index (χ1n) is 7.45. The van der Waals surface area contributed by atoms with E-state index in [9.17, 15) is 9.90 Å². The molecule has 24 heavy (non-hydrogen) atoms. The van der Waals surface area contributed by atoms with E-state index in [1.165, 1.54) is 23.1 Å². The molecule has 1 fully saturated rings. The van der Waals surface area contributed by atoms with E-state index in [1.807, 2.05) is 60.7 Å². The van der Waals surface area contributed by atoms with Crippen LogP contribution in [0.5, 0.6) is 5.88 Å². The van der Waals surface area contributed by atoms with Crippen molar-refractivity contribution in [3.05, 3.63) is 71.1 Å². The van der Waals surface area contributed by atoms with Crippen LogP contribution in [-0.4, -0.2) is 21.8 Å². The van der Waals surface area contributed by atoms with Crippen molar-refractivity contribution in [1.29, 1.82) is 0 Å². The van der Waals surface area contributed by atoms with Gasteiger partial charge in [-0.25, -0.2) is 4.98 Å². The average molecular weight is 354 g/mol. The molecule has 2 N–H and O–H groups in total. The van der Waals surface area contributed by atoms with Crippen LogP contribution in [0.2, 0.25) is 0 Å². The number of benzene rings is 2. The van der Waals surface area contributed by atoms with Gasteiger partial charge in [0.2, 0.25) is 11.8 Å². The third kappa shape index (κ3) is 2.48. The highest BCUT2D eigenvalue weighted by atomic mass is 32.2. The zero-order valence-corrected chi connectivity index (χ0v) is 14.2. The van der Waals surface area contributed by atoms with Gasteiger partial charge in [0.05, 0.1) is 5.75 Å². The smallest absolute Gasteiger partial charge is 0.231 e. The molecule has 4 nitrogen and oxygen atoms in total. The summed E-state index contributed by atoms with van der Waals surface area (Å²) in [4.78, 5) is 16.2. The molecule has 0 radical (unpaired) electrons. The maximum Gasteiger partial charge on any atom is 0.231 e. The quantitative estimate of drug-likeness (QED) is 0.755. The number of nitrogens with zero attached hydrogens (tertiary/aromatic N) is 1. The summed E-state index contributed by atoms with van der Waals surface area (Å²) in [5.41, 5.74) is 1.88. The Hall–Kier alpha value is -2.31. The lowest BCUT2D eigenvalue weighted by molar-refractivity contribution is -0.118. The molecule has 4 rings (SSSR count). The minimum atomic E-state index is -0.785. The Bertz CT molecular complexity index is 881. The molecule has 3 aromatic rings. The van der Waals surface area contributed by atoms with Crippen molar-refractivity contribution >= 4 is 29.0 Å². The average Bonchev–Trinajstić information content (AvgIpc) is 3.20. The van der Waals surface area contributed by atoms with E-state index in [4.69, 9.17) is 0 Å². The first-order chi connectivity index (χ1) is 11.7. The summed E-state index contributed by atoms with van der Waals surface area (Å²) < 4.78 is 0. The van der Waals surface area contributed by atoms with Crippen LogP contribution in [0.4, 0.5) is 0 Å². The molecule has 1 aromatic heterocycles. The molecule has 0 unspecified atom stereocenters. The number of nitrogens with one attached hydrogen (secondary N) is 1. The number of rotatable bonds is 3. The number of thiazole rings is 1. The van der Waals surface area contributed by atoms with Gasteiger partial charge >= 0.3 is 0 Å². The molecule has 2 heterocycles. The number of hydrogen-bond acceptors (Lipinski definition) is 5. The molecule has 2 aromatic carbocycles. The van der Waals surface area contributed by atoms with Gasteiger partial charge in [0.15, 0.2) is 4.87 Å². The monoisotopic (exact) mass is 354 g/mol. The molecule has 0 spiro atoms. The molecular formula is C18H14N2O2S2. The first-order valence-corrected chi connectivity index (χ1v) is 9.25. The second-order valence-electron chi connectivity index (χ2n) is 5.42. The van der Waals surface area contributed by atoms with Crippen molar-refractivity contribution < 1.29 is 9.90 Å². The van der Waals surface area contributed by atoms with Gasteiger partial charge in [0, 0.05) is 5.56 Å². The van der Waals surface area contributed by atoms with Crippen LogP contribution >= 0.6 is 23.1 Å². The normalized spacial score (nSPS) is 20.1. The third-order valence-electron chi connectivity index (χ3n) is 3.87. The van der Waals surface area contributed by atoms with Crippen LogP contribution in [0, 0.1) is 0 Å². The first kappa shape index (κ1) is 15.2. The highest BCUT2D eigenvalue weighted by Crippen LogP contribution is 2.50. The Morgan fingerprint density at radius 3 is 2.33 bits per heavy atom. The van der Waals surface area contributed by atoms with Crippen molar-refractivity contribution in [2.75, 3.05) is 5.75 Å². The van der Waals surface area contributed by atoms with E-state index in [0.29, 0.717) is 10.6 Å². The zero-order valence-electron chi connectivity index (χ0n) is 12.6. The molecule has 1 aliphatic rings. The Balaban J connectivity index is 1.86. The summed E-state index contributed by atoms with van der Waals surface area (Å²) in [6.07, 6.45) is 0. The van der Waals surface area contributed by atoms with Gasteiger partial charge in [-0.1, -0.05) is 60.7 Å². The molecule has 1 aliphatic heterocycles. The summed E-state index contributed by atoms with van der Waals surface area (Å²) in [7, 11) is 0. The fourth-order valence-corrected chi connectivity index (χ4v) is 5.23. The Morgan fingerprint density at radius 2 is 1.71 bits per heavy atom. The van der Waals surface area contributed by atoms with Crippen LogP contribution in [0.15, 0.2) is 60.7 Å². The predicted molar refractivity (Wildman–Crippen MR) is 97.0 cm³/mol. The van der Waals surface area contributed by atoms with Crippen molar-refractivity contribution in [3.8, 4) is 16.5 Å². The number of aromatic hydroxyl groups is 1. The SMILES string of the molecule is O=C1CS[C@@](c2ccccc2)(c2sc(-c3ccccc3)nc2O)N1. The lowest BCUT2D eigenvalue weighted by atomic mass is 10.0. The summed E-state index contributed by atoms with van der Waals surface area (Å²) in [5.74, 6) is 0.280. The largest absolute Gasteiger partial charge is 0.492 e. The second kappa shape index (κ2) is 5.96. The number of carbonyl (C=O) groups excluding carboxylic acids is 1. The Kier molecular flexibility index (Phi) is 3.78. The molecule has 1 amide bonds. The Morgan fingerprint density at radius 1 is 1.04 bits per heavy atom. The highest BCUT2D eigenvalue weighted by molar-refractivity contribution is 8.01. The zero-order chi connectivity index (χ0) is 16.6. The van der Waals surface area contributed by atoms with Crippen LogP contribution in [0.3, 0.4) is 0 Å². The number of hydrogen-bond donors (Lipinski definition) is 2. The van der Waals surface area contributed by atoms with Crippen LogP contribution in [-0.2, 0) is 9.67 Å². The van der Waals surface area contributed by atoms with E-state index in [0.717, 1.165) is 16.1 Å². The molecule has 1 saturated heterocycles. The van der Waals surface area contributed by atoms with Gasteiger partial charge in [-0.2, -0.15) is 0 Å². The minimum Gasteiger partial charge on any atom is -0.492 e. The fraction of sp³-hybridized carbons (Fsp3) is 0.111. The fourth-order valence-electron chi connectivity index (χ4n) is 2.77. The second-order valence-corrected chi connectivity index (χ2v) is 7.61. The maximum atomic E-state index is 12.0. The summed E-state index contributed by atoms with van der Waals surface area (Å²) in [6, 6.07) is 19.4. The number of carbonyl (C=O) groups is 1. The maximum absolute atomic E-state index is 12.0. The van der Waals surface area contributed by atoms with E-state index in [-0.39, 0.29) is 11.8 Å².